The molecule has 0 bridgehead atoms. The molecule has 11 heteroatoms. The van der Waals surface area contributed by atoms with Crippen LogP contribution in [0, 0.1) is 0 Å². The van der Waals surface area contributed by atoms with Crippen LogP contribution in [0.15, 0.2) is 48.6 Å². The van der Waals surface area contributed by atoms with Gasteiger partial charge < -0.3 is 50.5 Å². The minimum atomic E-state index is -1.68. The summed E-state index contributed by atoms with van der Waals surface area (Å²) in [4.78, 5) is 13.1. The van der Waals surface area contributed by atoms with E-state index in [1.165, 1.54) is 122 Å². The SMILES string of the molecule is CCCCCCCCCCC/C=C\CCCCCCC(O)C(=O)NC(COC1OC(CO)C(O)C(O)C1O)C(O)C(O)CCC/C=C/CC/C=C/CC/C=C/CCCCCCCCCCC. The third-order valence-electron chi connectivity index (χ3n) is 12.8. The van der Waals surface area contributed by atoms with E-state index in [1.807, 2.05) is 0 Å². The van der Waals surface area contributed by atoms with Crippen molar-refractivity contribution in [2.24, 2.45) is 0 Å². The first-order valence-electron chi connectivity index (χ1n) is 27.0. The quantitative estimate of drug-likeness (QED) is 0.0216. The second kappa shape index (κ2) is 44.3. The van der Waals surface area contributed by atoms with Gasteiger partial charge in [-0.05, 0) is 89.9 Å². The van der Waals surface area contributed by atoms with Crippen molar-refractivity contribution in [3.63, 3.8) is 0 Å². The zero-order valence-corrected chi connectivity index (χ0v) is 41.9. The molecule has 0 spiro atoms. The number of carbonyl (C=O) groups excluding carboxylic acids is 1. The van der Waals surface area contributed by atoms with Gasteiger partial charge in [0.2, 0.25) is 5.91 Å². The molecule has 1 aliphatic heterocycles. The molecule has 9 atom stereocenters. The highest BCUT2D eigenvalue weighted by molar-refractivity contribution is 5.80. The molecule has 1 fully saturated rings. The van der Waals surface area contributed by atoms with Gasteiger partial charge in [-0.3, -0.25) is 4.79 Å². The van der Waals surface area contributed by atoms with Gasteiger partial charge in [-0.1, -0.05) is 184 Å². The average Bonchev–Trinajstić information content (AvgIpc) is 3.32. The maximum absolute atomic E-state index is 13.1. The van der Waals surface area contributed by atoms with E-state index in [0.29, 0.717) is 19.3 Å². The second-order valence-electron chi connectivity index (χ2n) is 18.9. The molecule has 11 nitrogen and oxygen atoms in total. The Hall–Kier alpha value is -1.93. The lowest BCUT2D eigenvalue weighted by Gasteiger charge is -2.40. The summed E-state index contributed by atoms with van der Waals surface area (Å²) in [5.74, 6) is -0.721. The fraction of sp³-hybridized carbons (Fsp3) is 0.836. The van der Waals surface area contributed by atoms with Crippen molar-refractivity contribution in [2.75, 3.05) is 13.2 Å². The summed E-state index contributed by atoms with van der Waals surface area (Å²) >= 11 is 0. The summed E-state index contributed by atoms with van der Waals surface area (Å²) < 4.78 is 11.1. The fourth-order valence-corrected chi connectivity index (χ4v) is 8.35. The second-order valence-corrected chi connectivity index (χ2v) is 18.9. The van der Waals surface area contributed by atoms with E-state index in [9.17, 15) is 40.5 Å². The number of unbranched alkanes of at least 4 members (excludes halogenated alkanes) is 25. The number of rotatable bonds is 45. The number of carbonyl (C=O) groups is 1. The van der Waals surface area contributed by atoms with Crippen LogP contribution in [-0.4, -0.2) is 110 Å². The highest BCUT2D eigenvalue weighted by Gasteiger charge is 2.44. The van der Waals surface area contributed by atoms with Gasteiger partial charge in [-0.2, -0.15) is 0 Å². The molecule has 1 amide bonds. The number of aliphatic hydroxyl groups excluding tert-OH is 7. The molecule has 8 N–H and O–H groups in total. The number of hydrogen-bond acceptors (Lipinski definition) is 10. The highest BCUT2D eigenvalue weighted by atomic mass is 16.7. The molecule has 0 aromatic carbocycles. The van der Waals surface area contributed by atoms with Crippen molar-refractivity contribution in [3.05, 3.63) is 48.6 Å². The number of nitrogens with one attached hydrogen (secondary N) is 1. The van der Waals surface area contributed by atoms with E-state index in [0.717, 1.165) is 57.8 Å². The van der Waals surface area contributed by atoms with Crippen molar-refractivity contribution in [3.8, 4) is 0 Å². The van der Waals surface area contributed by atoms with Crippen LogP contribution in [0.25, 0.3) is 0 Å². The Kier molecular flexibility index (Phi) is 41.7. The zero-order valence-electron chi connectivity index (χ0n) is 41.9. The summed E-state index contributed by atoms with van der Waals surface area (Å²) in [7, 11) is 0. The molecule has 66 heavy (non-hydrogen) atoms. The molecule has 1 rings (SSSR count). The predicted molar refractivity (Wildman–Crippen MR) is 270 cm³/mol. The van der Waals surface area contributed by atoms with Crippen molar-refractivity contribution in [1.29, 1.82) is 0 Å². The molecular formula is C55H101NO10. The van der Waals surface area contributed by atoms with Gasteiger partial charge in [0.05, 0.1) is 25.4 Å². The first kappa shape index (κ1) is 62.1. The summed E-state index contributed by atoms with van der Waals surface area (Å²) in [6, 6.07) is -1.20. The van der Waals surface area contributed by atoms with E-state index in [1.54, 1.807) is 0 Å². The van der Waals surface area contributed by atoms with Crippen LogP contribution in [0.1, 0.15) is 226 Å². The Labute approximate surface area is 402 Å². The van der Waals surface area contributed by atoms with Crippen LogP contribution in [0.3, 0.4) is 0 Å². The number of hydrogen-bond donors (Lipinski definition) is 8. The lowest BCUT2D eigenvalue weighted by atomic mass is 9.98. The van der Waals surface area contributed by atoms with Crippen LogP contribution < -0.4 is 5.32 Å². The van der Waals surface area contributed by atoms with Crippen molar-refractivity contribution >= 4 is 5.91 Å². The Morgan fingerprint density at radius 3 is 1.35 bits per heavy atom. The molecule has 1 heterocycles. The molecular weight excluding hydrogens is 835 g/mol. The minimum Gasteiger partial charge on any atom is -0.394 e. The Balaban J connectivity index is 2.42. The van der Waals surface area contributed by atoms with Gasteiger partial charge in [0, 0.05) is 0 Å². The van der Waals surface area contributed by atoms with Gasteiger partial charge in [0.25, 0.3) is 0 Å². The molecule has 0 aliphatic carbocycles. The third-order valence-corrected chi connectivity index (χ3v) is 12.8. The van der Waals surface area contributed by atoms with Gasteiger partial charge >= 0.3 is 0 Å². The Morgan fingerprint density at radius 1 is 0.515 bits per heavy atom. The van der Waals surface area contributed by atoms with Crippen LogP contribution in [0.2, 0.25) is 0 Å². The monoisotopic (exact) mass is 936 g/mol. The number of ether oxygens (including phenoxy) is 2. The van der Waals surface area contributed by atoms with E-state index in [-0.39, 0.29) is 12.8 Å². The largest absolute Gasteiger partial charge is 0.394 e. The van der Waals surface area contributed by atoms with E-state index >= 15 is 0 Å². The normalized spacial score (nSPS) is 21.1. The summed E-state index contributed by atoms with van der Waals surface area (Å²) in [6.45, 7) is 3.43. The van der Waals surface area contributed by atoms with Crippen molar-refractivity contribution in [1.82, 2.24) is 5.32 Å². The van der Waals surface area contributed by atoms with Crippen LogP contribution in [-0.2, 0) is 14.3 Å². The van der Waals surface area contributed by atoms with Gasteiger partial charge in [-0.15, -0.1) is 0 Å². The first-order chi connectivity index (χ1) is 32.2. The molecule has 0 saturated carbocycles. The maximum Gasteiger partial charge on any atom is 0.249 e. The van der Waals surface area contributed by atoms with Crippen LogP contribution in [0.4, 0.5) is 0 Å². The lowest BCUT2D eigenvalue weighted by molar-refractivity contribution is -0.303. The van der Waals surface area contributed by atoms with Gasteiger partial charge in [0.1, 0.15) is 36.6 Å². The third kappa shape index (κ3) is 32.8. The van der Waals surface area contributed by atoms with E-state index in [2.05, 4.69) is 67.8 Å². The number of allylic oxidation sites excluding steroid dienone is 8. The van der Waals surface area contributed by atoms with Crippen molar-refractivity contribution < 1.29 is 50.0 Å². The molecule has 0 radical (unpaired) electrons. The molecule has 0 aromatic rings. The Bertz CT molecular complexity index is 1210. The topological polar surface area (TPSA) is 189 Å². The highest BCUT2D eigenvalue weighted by Crippen LogP contribution is 2.23. The molecule has 1 aliphatic rings. The van der Waals surface area contributed by atoms with E-state index < -0.39 is 74.2 Å². The standard InChI is InChI=1S/C55H101NO10/c1-3-5-7-9-11-13-15-17-19-21-22-23-24-25-27-28-30-32-34-36-38-40-42-47(58)50(60)46(45-65-55-53(63)52(62)51(61)49(44-57)66-55)56-54(64)48(59)43-41-39-37-35-33-31-29-26-20-18-16-14-12-10-8-6-4-2/h22-23,27-29,31,34,36,46-53,55,57-63H,3-21,24-26,30,32-33,35,37-45H2,1-2H3,(H,56,64)/b23-22+,28-27+,31-29-,36-34+. The van der Waals surface area contributed by atoms with E-state index in [4.69, 9.17) is 9.47 Å². The predicted octanol–water partition coefficient (Wildman–Crippen LogP) is 10.5. The van der Waals surface area contributed by atoms with Gasteiger partial charge in [-0.25, -0.2) is 0 Å². The summed E-state index contributed by atoms with van der Waals surface area (Å²) in [6.07, 6.45) is 43.0. The van der Waals surface area contributed by atoms with Gasteiger partial charge in [0.15, 0.2) is 6.29 Å². The zero-order chi connectivity index (χ0) is 48.3. The average molecular weight is 936 g/mol. The number of aliphatic hydroxyl groups is 7. The Morgan fingerprint density at radius 2 is 0.909 bits per heavy atom. The summed E-state index contributed by atoms with van der Waals surface area (Å²) in [5, 5.41) is 75.9. The fourth-order valence-electron chi connectivity index (χ4n) is 8.35. The molecule has 386 valence electrons. The minimum absolute atomic E-state index is 0.234. The van der Waals surface area contributed by atoms with Crippen LogP contribution in [0.5, 0.6) is 0 Å². The molecule has 9 unspecified atom stereocenters. The lowest BCUT2D eigenvalue weighted by Crippen LogP contribution is -2.60. The molecule has 1 saturated heterocycles. The summed E-state index contributed by atoms with van der Waals surface area (Å²) in [5.41, 5.74) is 0. The maximum atomic E-state index is 13.1. The van der Waals surface area contributed by atoms with Crippen LogP contribution >= 0.6 is 0 Å². The van der Waals surface area contributed by atoms with Crippen molar-refractivity contribution in [2.45, 2.75) is 281 Å². The first-order valence-corrected chi connectivity index (χ1v) is 27.0. The smallest absolute Gasteiger partial charge is 0.249 e. The number of amides is 1. The molecule has 0 aromatic heterocycles.